The van der Waals surface area contributed by atoms with Crippen molar-refractivity contribution in [3.63, 3.8) is 0 Å². The molecule has 126 valence electrons. The standard InChI is InChI=1S/C16H22N2O4S/c1-11(16(21)22)18(2)15(20)13(9-10-23-3)17-14(19)12-7-5-4-6-8-12/h4-8,11,13H,9-10H2,1-3H3,(H,17,19)(H,21,22). The SMILES string of the molecule is CSCCC(NC(=O)c1ccccc1)C(=O)N(C)C(C)C(=O)O. The van der Waals surface area contributed by atoms with E-state index in [0.717, 1.165) is 4.90 Å². The Kier molecular flexibility index (Phi) is 7.61. The molecule has 0 saturated carbocycles. The molecule has 7 heteroatoms. The van der Waals surface area contributed by atoms with Gasteiger partial charge in [0.05, 0.1) is 0 Å². The molecule has 0 aliphatic heterocycles. The number of carboxylic acids is 1. The van der Waals surface area contributed by atoms with Crippen molar-refractivity contribution >= 4 is 29.5 Å². The molecule has 0 saturated heterocycles. The average Bonchev–Trinajstić information content (AvgIpc) is 2.56. The van der Waals surface area contributed by atoms with Crippen LogP contribution in [0.25, 0.3) is 0 Å². The number of carboxylic acid groups (broad SMARTS) is 1. The topological polar surface area (TPSA) is 86.7 Å². The second-order valence-electron chi connectivity index (χ2n) is 5.14. The van der Waals surface area contributed by atoms with E-state index in [1.54, 1.807) is 42.1 Å². The van der Waals surface area contributed by atoms with Gasteiger partial charge < -0.3 is 15.3 Å². The van der Waals surface area contributed by atoms with E-state index in [1.165, 1.54) is 14.0 Å². The molecule has 2 unspecified atom stereocenters. The zero-order valence-electron chi connectivity index (χ0n) is 13.5. The number of thioether (sulfide) groups is 1. The zero-order valence-corrected chi connectivity index (χ0v) is 14.3. The van der Waals surface area contributed by atoms with Crippen molar-refractivity contribution in [3.05, 3.63) is 35.9 Å². The summed E-state index contributed by atoms with van der Waals surface area (Å²) in [5.41, 5.74) is 0.461. The quantitative estimate of drug-likeness (QED) is 0.749. The molecule has 2 atom stereocenters. The van der Waals surface area contributed by atoms with Crippen LogP contribution in [0.3, 0.4) is 0 Å². The number of aliphatic carboxylic acids is 1. The highest BCUT2D eigenvalue weighted by Gasteiger charge is 2.29. The number of nitrogens with one attached hydrogen (secondary N) is 1. The molecule has 2 N–H and O–H groups in total. The van der Waals surface area contributed by atoms with E-state index in [-0.39, 0.29) is 5.91 Å². The number of carbonyl (C=O) groups excluding carboxylic acids is 2. The van der Waals surface area contributed by atoms with E-state index < -0.39 is 24.0 Å². The molecule has 0 fully saturated rings. The maximum atomic E-state index is 12.5. The van der Waals surface area contributed by atoms with E-state index in [9.17, 15) is 14.4 Å². The van der Waals surface area contributed by atoms with Crippen molar-refractivity contribution in [2.24, 2.45) is 0 Å². The van der Waals surface area contributed by atoms with Gasteiger partial charge in [-0.15, -0.1) is 0 Å². The molecule has 6 nitrogen and oxygen atoms in total. The Morgan fingerprint density at radius 3 is 2.39 bits per heavy atom. The highest BCUT2D eigenvalue weighted by molar-refractivity contribution is 7.98. The van der Waals surface area contributed by atoms with Crippen molar-refractivity contribution in [1.82, 2.24) is 10.2 Å². The third-order valence-corrected chi connectivity index (χ3v) is 4.18. The number of hydrogen-bond acceptors (Lipinski definition) is 4. The van der Waals surface area contributed by atoms with E-state index in [1.807, 2.05) is 6.26 Å². The highest BCUT2D eigenvalue weighted by atomic mass is 32.2. The third kappa shape index (κ3) is 5.59. The minimum atomic E-state index is -1.08. The van der Waals surface area contributed by atoms with E-state index in [2.05, 4.69) is 5.32 Å². The molecule has 0 heterocycles. The van der Waals surface area contributed by atoms with Crippen LogP contribution >= 0.6 is 11.8 Å². The number of hydrogen-bond donors (Lipinski definition) is 2. The lowest BCUT2D eigenvalue weighted by Gasteiger charge is -2.27. The molecule has 1 aromatic rings. The van der Waals surface area contributed by atoms with Gasteiger partial charge in [-0.1, -0.05) is 18.2 Å². The van der Waals surface area contributed by atoms with E-state index in [4.69, 9.17) is 5.11 Å². The summed E-state index contributed by atoms with van der Waals surface area (Å²) in [7, 11) is 1.43. The zero-order chi connectivity index (χ0) is 17.4. The second kappa shape index (κ2) is 9.19. The summed E-state index contributed by atoms with van der Waals surface area (Å²) in [6.45, 7) is 1.44. The molecule has 23 heavy (non-hydrogen) atoms. The maximum absolute atomic E-state index is 12.5. The number of rotatable bonds is 8. The Hall–Kier alpha value is -2.02. The fourth-order valence-electron chi connectivity index (χ4n) is 1.93. The summed E-state index contributed by atoms with van der Waals surface area (Å²) >= 11 is 1.56. The first-order valence-corrected chi connectivity index (χ1v) is 8.62. The first kappa shape index (κ1) is 19.0. The number of amides is 2. The van der Waals surface area contributed by atoms with Crippen LogP contribution in [0.5, 0.6) is 0 Å². The van der Waals surface area contributed by atoms with Crippen molar-refractivity contribution in [2.75, 3.05) is 19.1 Å². The van der Waals surface area contributed by atoms with Crippen LogP contribution in [0.4, 0.5) is 0 Å². The molecule has 0 aliphatic rings. The van der Waals surface area contributed by atoms with Crippen molar-refractivity contribution in [2.45, 2.75) is 25.4 Å². The second-order valence-corrected chi connectivity index (χ2v) is 6.12. The van der Waals surface area contributed by atoms with Gasteiger partial charge in [0.15, 0.2) is 0 Å². The Morgan fingerprint density at radius 2 is 1.87 bits per heavy atom. The lowest BCUT2D eigenvalue weighted by atomic mass is 10.1. The van der Waals surface area contributed by atoms with Gasteiger partial charge in [0.2, 0.25) is 5.91 Å². The largest absolute Gasteiger partial charge is 0.480 e. The van der Waals surface area contributed by atoms with Crippen LogP contribution < -0.4 is 5.32 Å². The minimum absolute atomic E-state index is 0.346. The summed E-state index contributed by atoms with van der Waals surface area (Å²) in [6.07, 6.45) is 2.35. The molecule has 0 spiro atoms. The molecule has 1 aromatic carbocycles. The Labute approximate surface area is 140 Å². The molecule has 1 rings (SSSR count). The molecular weight excluding hydrogens is 316 g/mol. The Balaban J connectivity index is 2.85. The molecule has 0 radical (unpaired) electrons. The van der Waals surface area contributed by atoms with Crippen LogP contribution in [0.1, 0.15) is 23.7 Å². The van der Waals surface area contributed by atoms with Gasteiger partial charge in [0.25, 0.3) is 5.91 Å². The number of nitrogens with zero attached hydrogens (tertiary/aromatic N) is 1. The maximum Gasteiger partial charge on any atom is 0.326 e. The number of likely N-dealkylation sites (N-methyl/N-ethyl adjacent to an activating group) is 1. The molecule has 0 aromatic heterocycles. The molecule has 0 aliphatic carbocycles. The average molecular weight is 338 g/mol. The van der Waals surface area contributed by atoms with Crippen LogP contribution in [-0.4, -0.2) is 58.9 Å². The third-order valence-electron chi connectivity index (χ3n) is 3.54. The highest BCUT2D eigenvalue weighted by Crippen LogP contribution is 2.08. The minimum Gasteiger partial charge on any atom is -0.480 e. The number of carbonyl (C=O) groups is 3. The lowest BCUT2D eigenvalue weighted by molar-refractivity contribution is -0.148. The Bertz CT molecular complexity index is 550. The first-order chi connectivity index (χ1) is 10.9. The fourth-order valence-corrected chi connectivity index (χ4v) is 2.40. The summed E-state index contributed by atoms with van der Waals surface area (Å²) in [5, 5.41) is 11.7. The summed E-state index contributed by atoms with van der Waals surface area (Å²) in [5.74, 6) is -1.15. The smallest absolute Gasteiger partial charge is 0.326 e. The van der Waals surface area contributed by atoms with Crippen molar-refractivity contribution < 1.29 is 19.5 Å². The van der Waals surface area contributed by atoms with Crippen LogP contribution in [0.15, 0.2) is 30.3 Å². The van der Waals surface area contributed by atoms with Crippen LogP contribution in [0, 0.1) is 0 Å². The Morgan fingerprint density at radius 1 is 1.26 bits per heavy atom. The van der Waals surface area contributed by atoms with Gasteiger partial charge in [0, 0.05) is 12.6 Å². The van der Waals surface area contributed by atoms with Gasteiger partial charge in [-0.05, 0) is 37.5 Å². The molecular formula is C16H22N2O4S. The van der Waals surface area contributed by atoms with Gasteiger partial charge in [-0.25, -0.2) is 4.79 Å². The van der Waals surface area contributed by atoms with Gasteiger partial charge in [-0.2, -0.15) is 11.8 Å². The monoisotopic (exact) mass is 338 g/mol. The van der Waals surface area contributed by atoms with Crippen molar-refractivity contribution in [1.29, 1.82) is 0 Å². The normalized spacial score (nSPS) is 13.0. The number of benzene rings is 1. The van der Waals surface area contributed by atoms with Crippen LogP contribution in [-0.2, 0) is 9.59 Å². The summed E-state index contributed by atoms with van der Waals surface area (Å²) < 4.78 is 0. The van der Waals surface area contributed by atoms with Gasteiger partial charge in [0.1, 0.15) is 12.1 Å². The summed E-state index contributed by atoms with van der Waals surface area (Å²) in [6, 6.07) is 6.91. The van der Waals surface area contributed by atoms with E-state index in [0.29, 0.717) is 17.7 Å². The first-order valence-electron chi connectivity index (χ1n) is 7.22. The van der Waals surface area contributed by atoms with E-state index >= 15 is 0 Å². The predicted octanol–water partition coefficient (Wildman–Crippen LogP) is 1.47. The fraction of sp³-hybridized carbons (Fsp3) is 0.438. The lowest BCUT2D eigenvalue weighted by Crippen LogP contribution is -2.51. The van der Waals surface area contributed by atoms with Gasteiger partial charge >= 0.3 is 5.97 Å². The molecule has 0 bridgehead atoms. The van der Waals surface area contributed by atoms with Gasteiger partial charge in [-0.3, -0.25) is 9.59 Å². The molecule has 2 amide bonds. The van der Waals surface area contributed by atoms with Crippen LogP contribution in [0.2, 0.25) is 0 Å². The predicted molar refractivity (Wildman–Crippen MR) is 90.6 cm³/mol. The summed E-state index contributed by atoms with van der Waals surface area (Å²) in [4.78, 5) is 36.9. The van der Waals surface area contributed by atoms with Crippen molar-refractivity contribution in [3.8, 4) is 0 Å².